The maximum Gasteiger partial charge on any atom is 0.304 e. The number of ether oxygens (including phenoxy) is 1. The van der Waals surface area contributed by atoms with E-state index in [9.17, 15) is 9.59 Å². The fourth-order valence-electron chi connectivity index (χ4n) is 3.08. The van der Waals surface area contributed by atoms with Crippen LogP contribution in [0.3, 0.4) is 0 Å². The molecule has 2 unspecified atom stereocenters. The van der Waals surface area contributed by atoms with Gasteiger partial charge in [0.1, 0.15) is 18.2 Å². The summed E-state index contributed by atoms with van der Waals surface area (Å²) in [5, 5.41) is 14.9. The van der Waals surface area contributed by atoms with Crippen LogP contribution in [0.5, 0.6) is 5.75 Å². The van der Waals surface area contributed by atoms with Crippen molar-refractivity contribution in [1.82, 2.24) is 10.3 Å². The molecule has 0 radical (unpaired) electrons. The summed E-state index contributed by atoms with van der Waals surface area (Å²) in [6.07, 6.45) is 2.98. The Labute approximate surface area is 157 Å². The number of carbonyl (C=O) groups excluding carboxylic acids is 1. The lowest BCUT2D eigenvalue weighted by Gasteiger charge is -2.12. The van der Waals surface area contributed by atoms with Crippen molar-refractivity contribution in [2.75, 3.05) is 18.5 Å². The number of carboxylic acids is 1. The van der Waals surface area contributed by atoms with E-state index in [-0.39, 0.29) is 18.4 Å². The molecule has 2 aromatic rings. The van der Waals surface area contributed by atoms with Gasteiger partial charge in [-0.05, 0) is 42.7 Å². The highest BCUT2D eigenvalue weighted by Crippen LogP contribution is 2.20. The highest BCUT2D eigenvalue weighted by molar-refractivity contribution is 5.85. The zero-order chi connectivity index (χ0) is 19.1. The Hall–Kier alpha value is -3.09. The van der Waals surface area contributed by atoms with Crippen LogP contribution < -0.4 is 15.4 Å². The van der Waals surface area contributed by atoms with Crippen LogP contribution in [0, 0.1) is 5.92 Å². The van der Waals surface area contributed by atoms with Gasteiger partial charge in [0.15, 0.2) is 0 Å². The van der Waals surface area contributed by atoms with Gasteiger partial charge in [0.05, 0.1) is 18.4 Å². The van der Waals surface area contributed by atoms with Gasteiger partial charge in [0.2, 0.25) is 5.91 Å². The molecule has 2 atom stereocenters. The predicted molar refractivity (Wildman–Crippen MR) is 101 cm³/mol. The molecule has 2 heterocycles. The molecule has 1 aliphatic rings. The number of hydrogen-bond donors (Lipinski definition) is 3. The predicted octanol–water partition coefficient (Wildman–Crippen LogP) is 2.09. The van der Waals surface area contributed by atoms with Crippen LogP contribution in [-0.4, -0.2) is 41.2 Å². The Bertz CT molecular complexity index is 765. The van der Waals surface area contributed by atoms with Crippen molar-refractivity contribution >= 4 is 17.7 Å². The first-order valence-electron chi connectivity index (χ1n) is 8.99. The molecular weight excluding hydrogens is 346 g/mol. The first kappa shape index (κ1) is 18.7. The van der Waals surface area contributed by atoms with Crippen molar-refractivity contribution in [3.63, 3.8) is 0 Å². The number of carboxylic acid groups (broad SMARTS) is 1. The maximum absolute atomic E-state index is 11.7. The smallest absolute Gasteiger partial charge is 0.304 e. The van der Waals surface area contributed by atoms with Gasteiger partial charge in [0.25, 0.3) is 0 Å². The summed E-state index contributed by atoms with van der Waals surface area (Å²) < 4.78 is 5.73. The van der Waals surface area contributed by atoms with E-state index in [2.05, 4.69) is 15.6 Å². The summed E-state index contributed by atoms with van der Waals surface area (Å²) in [7, 11) is 0. The minimum Gasteiger partial charge on any atom is -0.491 e. The van der Waals surface area contributed by atoms with Gasteiger partial charge in [-0.25, -0.2) is 4.98 Å². The Morgan fingerprint density at radius 2 is 2.07 bits per heavy atom. The Balaban J connectivity index is 1.40. The number of benzene rings is 1. The Morgan fingerprint density at radius 1 is 1.26 bits per heavy atom. The molecule has 1 saturated heterocycles. The molecule has 0 spiro atoms. The van der Waals surface area contributed by atoms with Gasteiger partial charge in [-0.2, -0.15) is 0 Å². The fourth-order valence-corrected chi connectivity index (χ4v) is 3.08. The molecule has 3 rings (SSSR count). The normalized spacial score (nSPS) is 18.7. The van der Waals surface area contributed by atoms with E-state index in [4.69, 9.17) is 9.84 Å². The lowest BCUT2D eigenvalue weighted by Crippen LogP contribution is -2.31. The summed E-state index contributed by atoms with van der Waals surface area (Å²) in [6.45, 7) is 1.12. The maximum atomic E-state index is 11.7. The van der Waals surface area contributed by atoms with Crippen molar-refractivity contribution in [1.29, 1.82) is 0 Å². The van der Waals surface area contributed by atoms with E-state index >= 15 is 0 Å². The second kappa shape index (κ2) is 9.02. The third kappa shape index (κ3) is 5.70. The first-order chi connectivity index (χ1) is 13.1. The molecular formula is C20H23N3O4. The largest absolute Gasteiger partial charge is 0.491 e. The fraction of sp³-hybridized carbons (Fsp3) is 0.350. The number of anilines is 1. The SMILES string of the molecule is O=C(O)CC1CC(COc2ccc(CCNc3ccccn3)cc2)NC1=O. The number of amides is 1. The average Bonchev–Trinajstić information content (AvgIpc) is 3.01. The average molecular weight is 369 g/mol. The van der Waals surface area contributed by atoms with E-state index in [1.165, 1.54) is 5.56 Å². The molecule has 1 fully saturated rings. The third-order valence-electron chi connectivity index (χ3n) is 4.47. The molecule has 3 N–H and O–H groups in total. The van der Waals surface area contributed by atoms with Gasteiger partial charge < -0.3 is 20.5 Å². The number of hydrogen-bond acceptors (Lipinski definition) is 5. The number of aliphatic carboxylic acids is 1. The van der Waals surface area contributed by atoms with E-state index in [1.54, 1.807) is 6.20 Å². The minimum atomic E-state index is -0.954. The molecule has 7 nitrogen and oxygen atoms in total. The lowest BCUT2D eigenvalue weighted by molar-refractivity contribution is -0.140. The number of aromatic nitrogens is 1. The van der Waals surface area contributed by atoms with Crippen molar-refractivity contribution in [2.24, 2.45) is 5.92 Å². The molecule has 1 aliphatic heterocycles. The number of rotatable bonds is 9. The molecule has 7 heteroatoms. The monoisotopic (exact) mass is 369 g/mol. The van der Waals surface area contributed by atoms with E-state index in [0.717, 1.165) is 24.5 Å². The second-order valence-electron chi connectivity index (χ2n) is 6.58. The van der Waals surface area contributed by atoms with Gasteiger partial charge >= 0.3 is 5.97 Å². The van der Waals surface area contributed by atoms with Crippen LogP contribution in [0.2, 0.25) is 0 Å². The van der Waals surface area contributed by atoms with Crippen LogP contribution in [0.1, 0.15) is 18.4 Å². The lowest BCUT2D eigenvalue weighted by atomic mass is 10.0. The number of nitrogens with zero attached hydrogens (tertiary/aromatic N) is 1. The highest BCUT2D eigenvalue weighted by Gasteiger charge is 2.33. The van der Waals surface area contributed by atoms with Crippen molar-refractivity contribution in [2.45, 2.75) is 25.3 Å². The van der Waals surface area contributed by atoms with Gasteiger partial charge in [0, 0.05) is 12.7 Å². The molecule has 1 amide bonds. The van der Waals surface area contributed by atoms with Crippen molar-refractivity contribution in [3.05, 3.63) is 54.2 Å². The first-order valence-corrected chi connectivity index (χ1v) is 8.99. The molecule has 0 bridgehead atoms. The second-order valence-corrected chi connectivity index (χ2v) is 6.58. The quantitative estimate of drug-likeness (QED) is 0.626. The van der Waals surface area contributed by atoms with Crippen LogP contribution in [0.25, 0.3) is 0 Å². The molecule has 1 aromatic carbocycles. The Morgan fingerprint density at radius 3 is 2.78 bits per heavy atom. The van der Waals surface area contributed by atoms with Gasteiger partial charge in [-0.3, -0.25) is 9.59 Å². The van der Waals surface area contributed by atoms with Crippen LogP contribution in [0.15, 0.2) is 48.7 Å². The topological polar surface area (TPSA) is 101 Å². The third-order valence-corrected chi connectivity index (χ3v) is 4.47. The zero-order valence-corrected chi connectivity index (χ0v) is 14.9. The molecule has 1 aromatic heterocycles. The summed E-state index contributed by atoms with van der Waals surface area (Å²) in [5.74, 6) is -0.0405. The number of carbonyl (C=O) groups is 2. The Kier molecular flexibility index (Phi) is 6.25. The number of nitrogens with one attached hydrogen (secondary N) is 2. The van der Waals surface area contributed by atoms with E-state index in [0.29, 0.717) is 13.0 Å². The molecule has 0 saturated carbocycles. The summed E-state index contributed by atoms with van der Waals surface area (Å²) in [5.41, 5.74) is 1.18. The van der Waals surface area contributed by atoms with Gasteiger partial charge in [-0.15, -0.1) is 0 Å². The molecule has 0 aliphatic carbocycles. The van der Waals surface area contributed by atoms with Crippen molar-refractivity contribution in [3.8, 4) is 5.75 Å². The van der Waals surface area contributed by atoms with Gasteiger partial charge in [-0.1, -0.05) is 18.2 Å². The summed E-state index contributed by atoms with van der Waals surface area (Å²) in [6, 6.07) is 13.4. The highest BCUT2D eigenvalue weighted by atomic mass is 16.5. The standard InChI is InChI=1S/C20H23N3O4/c24-19(25)12-15-11-16(23-20(15)26)13-27-17-6-4-14(5-7-17)8-10-22-18-3-1-2-9-21-18/h1-7,9,15-16H,8,10-13H2,(H,21,22)(H,23,26)(H,24,25). The zero-order valence-electron chi connectivity index (χ0n) is 14.9. The van der Waals surface area contributed by atoms with Crippen molar-refractivity contribution < 1.29 is 19.4 Å². The molecule has 142 valence electrons. The van der Waals surface area contributed by atoms with Crippen LogP contribution >= 0.6 is 0 Å². The van der Waals surface area contributed by atoms with Crippen LogP contribution in [0.4, 0.5) is 5.82 Å². The van der Waals surface area contributed by atoms with E-state index < -0.39 is 11.9 Å². The summed E-state index contributed by atoms with van der Waals surface area (Å²) >= 11 is 0. The number of pyridine rings is 1. The summed E-state index contributed by atoms with van der Waals surface area (Å²) in [4.78, 5) is 26.7. The minimum absolute atomic E-state index is 0.135. The van der Waals surface area contributed by atoms with E-state index in [1.807, 2.05) is 42.5 Å². The molecule has 27 heavy (non-hydrogen) atoms. The van der Waals surface area contributed by atoms with Crippen LogP contribution in [-0.2, 0) is 16.0 Å².